The molecule has 4 heteroatoms. The van der Waals surface area contributed by atoms with E-state index in [4.69, 9.17) is 4.74 Å². The highest BCUT2D eigenvalue weighted by Crippen LogP contribution is 2.24. The summed E-state index contributed by atoms with van der Waals surface area (Å²) in [7, 11) is 3.97. The number of nitrogens with zero attached hydrogens (tertiary/aromatic N) is 1. The lowest BCUT2D eigenvalue weighted by Crippen LogP contribution is -2.30. The molecule has 1 saturated heterocycles. The minimum atomic E-state index is -0.173. The van der Waals surface area contributed by atoms with Crippen LogP contribution in [0.2, 0.25) is 0 Å². The van der Waals surface area contributed by atoms with E-state index < -0.39 is 0 Å². The Kier molecular flexibility index (Phi) is 5.16. The second-order valence-corrected chi connectivity index (χ2v) is 5.24. The van der Waals surface area contributed by atoms with Gasteiger partial charge in [-0.2, -0.15) is 0 Å². The van der Waals surface area contributed by atoms with Gasteiger partial charge in [-0.15, -0.1) is 0 Å². The number of hydrogen-bond acceptors (Lipinski definition) is 3. The van der Waals surface area contributed by atoms with Gasteiger partial charge in [0, 0.05) is 39.0 Å². The summed E-state index contributed by atoms with van der Waals surface area (Å²) >= 11 is 0. The molecule has 1 aliphatic heterocycles. The second kappa shape index (κ2) is 6.87. The van der Waals surface area contributed by atoms with Crippen molar-refractivity contribution in [2.24, 2.45) is 5.92 Å². The topological polar surface area (TPSA) is 24.5 Å². The smallest absolute Gasteiger partial charge is 0.123 e. The Morgan fingerprint density at radius 3 is 2.79 bits per heavy atom. The first-order chi connectivity index (χ1) is 9.20. The molecule has 1 aromatic rings. The number of nitrogens with one attached hydrogen (secondary N) is 1. The third kappa shape index (κ3) is 3.91. The summed E-state index contributed by atoms with van der Waals surface area (Å²) in [5.41, 5.74) is 2.12. The Morgan fingerprint density at radius 1 is 1.37 bits per heavy atom. The van der Waals surface area contributed by atoms with Gasteiger partial charge in [-0.1, -0.05) is 0 Å². The third-order valence-corrected chi connectivity index (χ3v) is 3.69. The zero-order valence-electron chi connectivity index (χ0n) is 11.8. The van der Waals surface area contributed by atoms with Gasteiger partial charge < -0.3 is 15.0 Å². The Hall–Kier alpha value is -1.13. The van der Waals surface area contributed by atoms with Crippen LogP contribution in [-0.2, 0) is 11.3 Å². The molecular weight excluding hydrogens is 243 g/mol. The molecule has 1 aliphatic rings. The van der Waals surface area contributed by atoms with Crippen LogP contribution in [0.1, 0.15) is 18.4 Å². The number of anilines is 1. The molecule has 1 aromatic carbocycles. The summed E-state index contributed by atoms with van der Waals surface area (Å²) in [5.74, 6) is 0.500. The van der Waals surface area contributed by atoms with Crippen molar-refractivity contribution in [3.05, 3.63) is 29.6 Å². The van der Waals surface area contributed by atoms with E-state index in [9.17, 15) is 4.39 Å². The second-order valence-electron chi connectivity index (χ2n) is 5.24. The molecule has 0 unspecified atom stereocenters. The molecule has 0 saturated carbocycles. The van der Waals surface area contributed by atoms with Gasteiger partial charge in [0.25, 0.3) is 0 Å². The molecule has 2 rings (SSSR count). The SMILES string of the molecule is CNCc1cc(F)ccc1N(C)CC1CCOCC1. The molecular formula is C15H23FN2O. The minimum absolute atomic E-state index is 0.173. The summed E-state index contributed by atoms with van der Waals surface area (Å²) in [5, 5.41) is 3.10. The maximum atomic E-state index is 13.3. The van der Waals surface area contributed by atoms with E-state index >= 15 is 0 Å². The van der Waals surface area contributed by atoms with Gasteiger partial charge in [0.1, 0.15) is 5.82 Å². The van der Waals surface area contributed by atoms with Crippen LogP contribution < -0.4 is 10.2 Å². The lowest BCUT2D eigenvalue weighted by molar-refractivity contribution is 0.0685. The van der Waals surface area contributed by atoms with E-state index in [0.717, 1.165) is 43.9 Å². The molecule has 1 fully saturated rings. The average molecular weight is 266 g/mol. The first-order valence-corrected chi connectivity index (χ1v) is 6.92. The van der Waals surface area contributed by atoms with Crippen LogP contribution in [0.3, 0.4) is 0 Å². The highest BCUT2D eigenvalue weighted by Gasteiger charge is 2.17. The van der Waals surface area contributed by atoms with Crippen LogP contribution in [0, 0.1) is 11.7 Å². The minimum Gasteiger partial charge on any atom is -0.381 e. The van der Waals surface area contributed by atoms with E-state index in [0.29, 0.717) is 12.5 Å². The first-order valence-electron chi connectivity index (χ1n) is 6.92. The van der Waals surface area contributed by atoms with Gasteiger partial charge in [0.15, 0.2) is 0 Å². The van der Waals surface area contributed by atoms with Crippen LogP contribution in [0.4, 0.5) is 10.1 Å². The molecule has 1 heterocycles. The van der Waals surface area contributed by atoms with E-state index in [1.807, 2.05) is 13.1 Å². The third-order valence-electron chi connectivity index (χ3n) is 3.69. The molecule has 0 amide bonds. The molecule has 0 aromatic heterocycles. The lowest BCUT2D eigenvalue weighted by Gasteiger charge is -2.29. The zero-order chi connectivity index (χ0) is 13.7. The summed E-state index contributed by atoms with van der Waals surface area (Å²) in [4.78, 5) is 2.24. The van der Waals surface area contributed by atoms with Crippen molar-refractivity contribution in [1.82, 2.24) is 5.32 Å². The van der Waals surface area contributed by atoms with Crippen LogP contribution in [0.5, 0.6) is 0 Å². The largest absolute Gasteiger partial charge is 0.381 e. The molecule has 0 radical (unpaired) electrons. The van der Waals surface area contributed by atoms with Gasteiger partial charge in [0.05, 0.1) is 0 Å². The van der Waals surface area contributed by atoms with Crippen LogP contribution in [-0.4, -0.2) is 33.9 Å². The molecule has 1 N–H and O–H groups in total. The highest BCUT2D eigenvalue weighted by atomic mass is 19.1. The van der Waals surface area contributed by atoms with Crippen molar-refractivity contribution in [1.29, 1.82) is 0 Å². The van der Waals surface area contributed by atoms with Crippen LogP contribution in [0.25, 0.3) is 0 Å². The van der Waals surface area contributed by atoms with Crippen molar-refractivity contribution in [2.45, 2.75) is 19.4 Å². The summed E-state index contributed by atoms with van der Waals surface area (Å²) in [6.07, 6.45) is 2.24. The van der Waals surface area contributed by atoms with Crippen molar-refractivity contribution >= 4 is 5.69 Å². The molecule has 3 nitrogen and oxygen atoms in total. The quantitative estimate of drug-likeness (QED) is 0.885. The zero-order valence-corrected chi connectivity index (χ0v) is 11.8. The number of benzene rings is 1. The predicted octanol–water partition coefficient (Wildman–Crippen LogP) is 2.41. The van der Waals surface area contributed by atoms with Crippen molar-refractivity contribution < 1.29 is 9.13 Å². The van der Waals surface area contributed by atoms with Gasteiger partial charge >= 0.3 is 0 Å². The van der Waals surface area contributed by atoms with Gasteiger partial charge in [-0.3, -0.25) is 0 Å². The van der Waals surface area contributed by atoms with Crippen molar-refractivity contribution in [3.63, 3.8) is 0 Å². The monoisotopic (exact) mass is 266 g/mol. The molecule has 0 aliphatic carbocycles. The predicted molar refractivity (Wildman–Crippen MR) is 76.0 cm³/mol. The summed E-state index contributed by atoms with van der Waals surface area (Å²) < 4.78 is 18.7. The maximum absolute atomic E-state index is 13.3. The van der Waals surface area contributed by atoms with E-state index in [1.165, 1.54) is 6.07 Å². The van der Waals surface area contributed by atoms with Crippen LogP contribution in [0.15, 0.2) is 18.2 Å². The Balaban J connectivity index is 2.06. The fourth-order valence-corrected chi connectivity index (χ4v) is 2.67. The molecule has 106 valence electrons. The summed E-state index contributed by atoms with van der Waals surface area (Å²) in [6, 6.07) is 5.03. The fourth-order valence-electron chi connectivity index (χ4n) is 2.67. The molecule has 19 heavy (non-hydrogen) atoms. The molecule has 0 bridgehead atoms. The summed E-state index contributed by atoms with van der Waals surface area (Å²) in [6.45, 7) is 3.42. The maximum Gasteiger partial charge on any atom is 0.123 e. The normalized spacial score (nSPS) is 16.6. The number of ether oxygens (including phenoxy) is 1. The first kappa shape index (κ1) is 14.3. The number of rotatable bonds is 5. The van der Waals surface area contributed by atoms with E-state index in [-0.39, 0.29) is 5.82 Å². The van der Waals surface area contributed by atoms with Gasteiger partial charge in [0.2, 0.25) is 0 Å². The Morgan fingerprint density at radius 2 is 2.11 bits per heavy atom. The number of halogens is 1. The standard InChI is InChI=1S/C15H23FN2O/c1-17-10-13-9-14(16)3-4-15(13)18(2)11-12-5-7-19-8-6-12/h3-4,9,12,17H,5-8,10-11H2,1-2H3. The Bertz CT molecular complexity index is 405. The fraction of sp³-hybridized carbons (Fsp3) is 0.600. The van der Waals surface area contributed by atoms with E-state index in [2.05, 4.69) is 17.3 Å². The van der Waals surface area contributed by atoms with Crippen molar-refractivity contribution in [3.8, 4) is 0 Å². The van der Waals surface area contributed by atoms with Crippen LogP contribution >= 0.6 is 0 Å². The molecule has 0 spiro atoms. The highest BCUT2D eigenvalue weighted by molar-refractivity contribution is 5.53. The van der Waals surface area contributed by atoms with Crippen molar-refractivity contribution in [2.75, 3.05) is 38.8 Å². The van der Waals surface area contributed by atoms with Gasteiger partial charge in [-0.05, 0) is 49.6 Å². The Labute approximate surface area is 114 Å². The average Bonchev–Trinajstić information content (AvgIpc) is 2.40. The lowest BCUT2D eigenvalue weighted by atomic mass is 9.99. The van der Waals surface area contributed by atoms with Gasteiger partial charge in [-0.25, -0.2) is 4.39 Å². The molecule has 0 atom stereocenters. The van der Waals surface area contributed by atoms with E-state index in [1.54, 1.807) is 6.07 Å². The number of hydrogen-bond donors (Lipinski definition) is 1.